The van der Waals surface area contributed by atoms with Gasteiger partial charge >= 0.3 is 0 Å². The van der Waals surface area contributed by atoms with Crippen molar-refractivity contribution in [2.45, 2.75) is 4.90 Å². The predicted molar refractivity (Wildman–Crippen MR) is 78.4 cm³/mol. The molecule has 0 fully saturated rings. The Bertz CT molecular complexity index is 646. The maximum Gasteiger partial charge on any atom is 0.265 e. The van der Waals surface area contributed by atoms with Gasteiger partial charge in [-0.05, 0) is 24.3 Å². The Hall–Kier alpha value is -1.29. The molecule has 0 aliphatic rings. The predicted octanol–water partition coefficient (Wildman–Crippen LogP) is 3.92. The molecule has 1 amide bonds. The highest BCUT2D eigenvalue weighted by Crippen LogP contribution is 2.23. The lowest BCUT2D eigenvalue weighted by Crippen LogP contribution is -2.11. The highest BCUT2D eigenvalue weighted by atomic mass is 79.9. The summed E-state index contributed by atoms with van der Waals surface area (Å²) in [5.41, 5.74) is 0.917. The number of carbonyl (C=O) groups is 1. The molecule has 1 N–H and O–H groups in total. The van der Waals surface area contributed by atoms with Crippen LogP contribution >= 0.6 is 39.9 Å². The maximum absolute atomic E-state index is 11.9. The summed E-state index contributed by atoms with van der Waals surface area (Å²) in [6.45, 7) is 0. The summed E-state index contributed by atoms with van der Waals surface area (Å²) >= 11 is 8.77. The molecule has 0 unspecified atom stereocenters. The second-order valence-corrected chi connectivity index (χ2v) is 5.77. The fourth-order valence-corrected chi connectivity index (χ4v) is 2.75. The largest absolute Gasteiger partial charge is 0.320 e. The number of nitrogens with zero attached hydrogens (tertiary/aromatic N) is 1. The molecule has 0 saturated carbocycles. The van der Waals surface area contributed by atoms with Gasteiger partial charge in [0.25, 0.3) is 5.91 Å². The maximum atomic E-state index is 11.9. The smallest absolute Gasteiger partial charge is 0.265 e. The number of benzene rings is 1. The van der Waals surface area contributed by atoms with Crippen LogP contribution in [0.5, 0.6) is 0 Å². The zero-order chi connectivity index (χ0) is 13.1. The Kier molecular flexibility index (Phi) is 4.07. The first kappa shape index (κ1) is 13.1. The van der Waals surface area contributed by atoms with Crippen LogP contribution in [0.4, 0.5) is 5.69 Å². The lowest BCUT2D eigenvalue weighted by molar-refractivity contribution is 0.103. The van der Waals surface area contributed by atoms with E-state index in [9.17, 15) is 4.79 Å². The van der Waals surface area contributed by atoms with Crippen molar-refractivity contribution in [2.75, 3.05) is 5.32 Å². The summed E-state index contributed by atoms with van der Waals surface area (Å²) in [7, 11) is 0. The molecule has 6 heteroatoms. The minimum atomic E-state index is -0.241. The molecule has 0 aliphatic carbocycles. The van der Waals surface area contributed by atoms with Crippen LogP contribution in [0.1, 0.15) is 15.2 Å². The van der Waals surface area contributed by atoms with E-state index in [1.807, 2.05) is 6.07 Å². The zero-order valence-electron chi connectivity index (χ0n) is 8.98. The van der Waals surface area contributed by atoms with Crippen LogP contribution in [0.3, 0.4) is 0 Å². The monoisotopic (exact) mass is 338 g/mol. The first-order valence-electron chi connectivity index (χ1n) is 4.88. The third-order valence-corrected chi connectivity index (χ3v) is 4.01. The number of nitrogens with one attached hydrogen (secondary N) is 1. The van der Waals surface area contributed by atoms with Gasteiger partial charge in [0.15, 0.2) is 0 Å². The number of carbonyl (C=O) groups excluding carboxylic acids is 1. The molecule has 0 bridgehead atoms. The normalized spacial score (nSPS) is 9.83. The van der Waals surface area contributed by atoms with E-state index in [-0.39, 0.29) is 5.91 Å². The molecule has 1 aromatic heterocycles. The summed E-state index contributed by atoms with van der Waals surface area (Å²) in [5, 5.41) is 13.5. The number of nitriles is 1. The van der Waals surface area contributed by atoms with E-state index in [2.05, 4.69) is 33.9 Å². The van der Waals surface area contributed by atoms with E-state index in [4.69, 9.17) is 5.26 Å². The third-order valence-electron chi connectivity index (χ3n) is 2.16. The molecule has 3 nitrogen and oxygen atoms in total. The quantitative estimate of drug-likeness (QED) is 0.815. The number of hydrogen-bond acceptors (Lipinski definition) is 4. The zero-order valence-corrected chi connectivity index (χ0v) is 12.3. The highest BCUT2D eigenvalue weighted by Gasteiger charge is 2.11. The summed E-state index contributed by atoms with van der Waals surface area (Å²) in [6.07, 6.45) is 0. The van der Waals surface area contributed by atoms with E-state index in [0.717, 1.165) is 9.37 Å². The van der Waals surface area contributed by atoms with Crippen LogP contribution < -0.4 is 5.32 Å². The summed E-state index contributed by atoms with van der Waals surface area (Å²) < 4.78 is 0.804. The number of halogens is 1. The van der Waals surface area contributed by atoms with Gasteiger partial charge in [0.2, 0.25) is 0 Å². The average molecular weight is 339 g/mol. The number of thiol groups is 1. The molecule has 90 valence electrons. The van der Waals surface area contributed by atoms with Crippen LogP contribution in [-0.2, 0) is 0 Å². The van der Waals surface area contributed by atoms with Crippen molar-refractivity contribution in [2.24, 2.45) is 0 Å². The van der Waals surface area contributed by atoms with E-state index in [1.165, 1.54) is 11.3 Å². The number of anilines is 1. The van der Waals surface area contributed by atoms with E-state index in [0.29, 0.717) is 16.1 Å². The Balaban J connectivity index is 2.27. The minimum Gasteiger partial charge on any atom is -0.320 e. The molecule has 0 aliphatic heterocycles. The fourth-order valence-electron chi connectivity index (χ4n) is 1.35. The highest BCUT2D eigenvalue weighted by molar-refractivity contribution is 9.10. The average Bonchev–Trinajstić information content (AvgIpc) is 2.76. The molecule has 1 heterocycles. The third kappa shape index (κ3) is 2.93. The molecule has 18 heavy (non-hydrogen) atoms. The Morgan fingerprint density at radius 3 is 2.83 bits per heavy atom. The van der Waals surface area contributed by atoms with Gasteiger partial charge in [-0.3, -0.25) is 4.79 Å². The lowest BCUT2D eigenvalue weighted by Gasteiger charge is -2.06. The standard InChI is InChI=1S/C12H7BrN2OS2/c13-8-2-1-7(5-14)10(3-8)15-12(16)11-4-9(17)6-18-11/h1-4,6,17H,(H,15,16). The van der Waals surface area contributed by atoms with Gasteiger partial charge in [0, 0.05) is 14.7 Å². The van der Waals surface area contributed by atoms with Gasteiger partial charge in [-0.15, -0.1) is 24.0 Å². The van der Waals surface area contributed by atoms with Crippen molar-refractivity contribution in [1.82, 2.24) is 0 Å². The van der Waals surface area contributed by atoms with Crippen molar-refractivity contribution in [3.63, 3.8) is 0 Å². The van der Waals surface area contributed by atoms with Crippen LogP contribution in [0.15, 0.2) is 39.0 Å². The molecular formula is C12H7BrN2OS2. The van der Waals surface area contributed by atoms with Crippen LogP contribution in [0.25, 0.3) is 0 Å². The molecular weight excluding hydrogens is 332 g/mol. The first-order valence-corrected chi connectivity index (χ1v) is 7.00. The number of thiophene rings is 1. The van der Waals surface area contributed by atoms with Crippen LogP contribution in [-0.4, -0.2) is 5.91 Å². The SMILES string of the molecule is N#Cc1ccc(Br)cc1NC(=O)c1cc(S)cs1. The van der Waals surface area contributed by atoms with Crippen molar-refractivity contribution < 1.29 is 4.79 Å². The Morgan fingerprint density at radius 2 is 2.22 bits per heavy atom. The summed E-state index contributed by atoms with van der Waals surface area (Å²) in [5.74, 6) is -0.241. The lowest BCUT2D eigenvalue weighted by atomic mass is 10.2. The van der Waals surface area contributed by atoms with Gasteiger partial charge in [0.1, 0.15) is 6.07 Å². The molecule has 0 spiro atoms. The minimum absolute atomic E-state index is 0.241. The topological polar surface area (TPSA) is 52.9 Å². The van der Waals surface area contributed by atoms with Gasteiger partial charge in [-0.25, -0.2) is 0 Å². The van der Waals surface area contributed by atoms with Gasteiger partial charge in [-0.2, -0.15) is 5.26 Å². The second-order valence-electron chi connectivity index (χ2n) is 3.42. The molecule has 2 rings (SSSR count). The van der Waals surface area contributed by atoms with E-state index >= 15 is 0 Å². The van der Waals surface area contributed by atoms with Crippen molar-refractivity contribution in [3.8, 4) is 6.07 Å². The molecule has 0 radical (unpaired) electrons. The van der Waals surface area contributed by atoms with Crippen molar-refractivity contribution in [1.29, 1.82) is 5.26 Å². The van der Waals surface area contributed by atoms with E-state index in [1.54, 1.807) is 29.6 Å². The van der Waals surface area contributed by atoms with Crippen LogP contribution in [0.2, 0.25) is 0 Å². The Labute approximate surface area is 122 Å². The summed E-state index contributed by atoms with van der Waals surface area (Å²) in [4.78, 5) is 13.3. The number of amides is 1. The van der Waals surface area contributed by atoms with Gasteiger partial charge in [-0.1, -0.05) is 15.9 Å². The molecule has 0 atom stereocenters. The van der Waals surface area contributed by atoms with E-state index < -0.39 is 0 Å². The van der Waals surface area contributed by atoms with Crippen LogP contribution in [0, 0.1) is 11.3 Å². The van der Waals surface area contributed by atoms with Crippen molar-refractivity contribution in [3.05, 3.63) is 44.6 Å². The number of rotatable bonds is 2. The second kappa shape index (κ2) is 5.57. The number of hydrogen-bond donors (Lipinski definition) is 2. The van der Waals surface area contributed by atoms with Crippen molar-refractivity contribution >= 4 is 51.5 Å². The molecule has 2 aromatic rings. The fraction of sp³-hybridized carbons (Fsp3) is 0. The summed E-state index contributed by atoms with van der Waals surface area (Å²) in [6, 6.07) is 8.83. The van der Waals surface area contributed by atoms with Gasteiger partial charge in [0.05, 0.1) is 16.1 Å². The molecule has 1 aromatic carbocycles. The molecule has 0 saturated heterocycles. The van der Waals surface area contributed by atoms with Gasteiger partial charge < -0.3 is 5.32 Å². The Morgan fingerprint density at radius 1 is 1.44 bits per heavy atom. The first-order chi connectivity index (χ1) is 8.60.